The summed E-state index contributed by atoms with van der Waals surface area (Å²) in [6.07, 6.45) is 2.91. The van der Waals surface area contributed by atoms with Gasteiger partial charge in [-0.2, -0.15) is 15.0 Å². The van der Waals surface area contributed by atoms with Gasteiger partial charge in [0, 0.05) is 12.5 Å². The van der Waals surface area contributed by atoms with Crippen LogP contribution in [0, 0.1) is 5.92 Å². The molecule has 2 heterocycles. The second-order valence-corrected chi connectivity index (χ2v) is 4.78. The third-order valence-electron chi connectivity index (χ3n) is 3.56. The highest BCUT2D eigenvalue weighted by atomic mass is 16.5. The number of rotatable bonds is 4. The summed E-state index contributed by atoms with van der Waals surface area (Å²) < 4.78 is 5.46. The molecule has 2 atom stereocenters. The predicted octanol–water partition coefficient (Wildman–Crippen LogP) is 1.56. The van der Waals surface area contributed by atoms with Crippen LogP contribution >= 0.6 is 0 Å². The Labute approximate surface area is 112 Å². The van der Waals surface area contributed by atoms with Crippen LogP contribution in [0.4, 0.5) is 0 Å². The van der Waals surface area contributed by atoms with Crippen molar-refractivity contribution in [3.8, 4) is 5.69 Å². The lowest BCUT2D eigenvalue weighted by Gasteiger charge is -2.18. The van der Waals surface area contributed by atoms with Crippen LogP contribution < -0.4 is 5.32 Å². The molecule has 1 aliphatic rings. The van der Waals surface area contributed by atoms with Crippen molar-refractivity contribution in [2.45, 2.75) is 12.5 Å². The van der Waals surface area contributed by atoms with E-state index in [1.165, 1.54) is 0 Å². The topological polar surface area (TPSA) is 52.0 Å². The number of hydrogen-bond acceptors (Lipinski definition) is 4. The molecular formula is C14H18N4O. The van der Waals surface area contributed by atoms with Crippen LogP contribution in [0.25, 0.3) is 5.69 Å². The van der Waals surface area contributed by atoms with Crippen LogP contribution in [-0.2, 0) is 4.74 Å². The molecule has 5 heteroatoms. The lowest BCUT2D eigenvalue weighted by Crippen LogP contribution is -2.26. The van der Waals surface area contributed by atoms with E-state index in [4.69, 9.17) is 4.74 Å². The maximum Gasteiger partial charge on any atom is 0.100 e. The fourth-order valence-corrected chi connectivity index (χ4v) is 2.54. The molecule has 2 unspecified atom stereocenters. The Bertz CT molecular complexity index is 519. The molecule has 1 fully saturated rings. The fourth-order valence-electron chi connectivity index (χ4n) is 2.54. The molecule has 1 aromatic heterocycles. The van der Waals surface area contributed by atoms with Crippen molar-refractivity contribution in [3.63, 3.8) is 0 Å². The highest BCUT2D eigenvalue weighted by Gasteiger charge is 2.27. The summed E-state index contributed by atoms with van der Waals surface area (Å²) in [7, 11) is 1.96. The number of aromatic nitrogens is 3. The van der Waals surface area contributed by atoms with Gasteiger partial charge in [-0.1, -0.05) is 18.2 Å². The average Bonchev–Trinajstić information content (AvgIpc) is 3.12. The largest absolute Gasteiger partial charge is 0.381 e. The summed E-state index contributed by atoms with van der Waals surface area (Å²) in [5, 5.41) is 12.3. The quantitative estimate of drug-likeness (QED) is 0.904. The van der Waals surface area contributed by atoms with Crippen LogP contribution in [-0.4, -0.2) is 35.3 Å². The zero-order valence-electron chi connectivity index (χ0n) is 11.0. The van der Waals surface area contributed by atoms with Gasteiger partial charge in [0.2, 0.25) is 0 Å². The first kappa shape index (κ1) is 12.3. The summed E-state index contributed by atoms with van der Waals surface area (Å²) in [5.74, 6) is 0.478. The number of para-hydroxylation sites is 1. The SMILES string of the molecule is CNC(c1cnn(-c2ccccc2)n1)C1CCOC1. The Morgan fingerprint density at radius 3 is 2.89 bits per heavy atom. The van der Waals surface area contributed by atoms with Gasteiger partial charge in [-0.15, -0.1) is 0 Å². The molecule has 2 aromatic rings. The standard InChI is InChI=1S/C14H18N4O/c1-15-14(11-7-8-19-10-11)13-9-16-18(17-13)12-5-3-2-4-6-12/h2-6,9,11,14-15H,7-8,10H2,1H3. The predicted molar refractivity (Wildman–Crippen MR) is 72.1 cm³/mol. The van der Waals surface area contributed by atoms with Gasteiger partial charge in [0.25, 0.3) is 0 Å². The van der Waals surface area contributed by atoms with Gasteiger partial charge in [-0.25, -0.2) is 0 Å². The van der Waals surface area contributed by atoms with Crippen molar-refractivity contribution in [3.05, 3.63) is 42.2 Å². The fraction of sp³-hybridized carbons (Fsp3) is 0.429. The van der Waals surface area contributed by atoms with E-state index in [1.54, 1.807) is 4.80 Å². The molecular weight excluding hydrogens is 240 g/mol. The van der Waals surface area contributed by atoms with Crippen molar-refractivity contribution in [1.82, 2.24) is 20.3 Å². The Hall–Kier alpha value is -1.72. The Morgan fingerprint density at radius 1 is 1.37 bits per heavy atom. The van der Waals surface area contributed by atoms with Crippen LogP contribution in [0.3, 0.4) is 0 Å². The highest BCUT2D eigenvalue weighted by molar-refractivity contribution is 5.28. The van der Waals surface area contributed by atoms with Crippen molar-refractivity contribution >= 4 is 0 Å². The Balaban J connectivity index is 1.83. The molecule has 1 aromatic carbocycles. The summed E-state index contributed by atoms with van der Waals surface area (Å²) in [5.41, 5.74) is 1.95. The van der Waals surface area contributed by atoms with Crippen LogP contribution in [0.15, 0.2) is 36.5 Å². The van der Waals surface area contributed by atoms with Gasteiger partial charge in [0.1, 0.15) is 5.69 Å². The van der Waals surface area contributed by atoms with E-state index >= 15 is 0 Å². The van der Waals surface area contributed by atoms with E-state index in [-0.39, 0.29) is 6.04 Å². The van der Waals surface area contributed by atoms with Gasteiger partial charge in [-0.05, 0) is 25.6 Å². The van der Waals surface area contributed by atoms with E-state index in [0.717, 1.165) is 31.0 Å². The maximum absolute atomic E-state index is 5.46. The molecule has 0 spiro atoms. The minimum absolute atomic E-state index is 0.208. The van der Waals surface area contributed by atoms with Crippen LogP contribution in [0.1, 0.15) is 18.2 Å². The van der Waals surface area contributed by atoms with Crippen molar-refractivity contribution < 1.29 is 4.74 Å². The van der Waals surface area contributed by atoms with Crippen molar-refractivity contribution in [2.75, 3.05) is 20.3 Å². The molecule has 19 heavy (non-hydrogen) atoms. The molecule has 5 nitrogen and oxygen atoms in total. The number of nitrogens with one attached hydrogen (secondary N) is 1. The minimum Gasteiger partial charge on any atom is -0.381 e. The maximum atomic E-state index is 5.46. The van der Waals surface area contributed by atoms with E-state index in [0.29, 0.717) is 5.92 Å². The number of hydrogen-bond donors (Lipinski definition) is 1. The first-order chi connectivity index (χ1) is 9.38. The molecule has 0 amide bonds. The Morgan fingerprint density at radius 2 is 2.21 bits per heavy atom. The van der Waals surface area contributed by atoms with Gasteiger partial charge >= 0.3 is 0 Å². The van der Waals surface area contributed by atoms with Gasteiger partial charge < -0.3 is 10.1 Å². The zero-order valence-corrected chi connectivity index (χ0v) is 11.0. The van der Waals surface area contributed by atoms with E-state index < -0.39 is 0 Å². The monoisotopic (exact) mass is 258 g/mol. The van der Waals surface area contributed by atoms with Gasteiger partial charge in [0.15, 0.2) is 0 Å². The number of benzene rings is 1. The van der Waals surface area contributed by atoms with E-state index in [1.807, 2.05) is 43.6 Å². The lowest BCUT2D eigenvalue weighted by atomic mass is 9.97. The third kappa shape index (κ3) is 2.52. The normalized spacial score (nSPS) is 20.6. The first-order valence-electron chi connectivity index (χ1n) is 6.61. The molecule has 1 aliphatic heterocycles. The van der Waals surface area contributed by atoms with Crippen molar-refractivity contribution in [2.24, 2.45) is 5.92 Å². The average molecular weight is 258 g/mol. The molecule has 100 valence electrons. The first-order valence-corrected chi connectivity index (χ1v) is 6.61. The summed E-state index contributed by atoms with van der Waals surface area (Å²) >= 11 is 0. The van der Waals surface area contributed by atoms with Crippen LogP contribution in [0.5, 0.6) is 0 Å². The molecule has 3 rings (SSSR count). The van der Waals surface area contributed by atoms with E-state index in [2.05, 4.69) is 15.5 Å². The van der Waals surface area contributed by atoms with Crippen LogP contribution in [0.2, 0.25) is 0 Å². The molecule has 0 bridgehead atoms. The molecule has 0 aliphatic carbocycles. The number of nitrogens with zero attached hydrogens (tertiary/aromatic N) is 3. The molecule has 0 saturated carbocycles. The summed E-state index contributed by atoms with van der Waals surface area (Å²) in [6.45, 7) is 1.64. The zero-order chi connectivity index (χ0) is 13.1. The van der Waals surface area contributed by atoms with Gasteiger partial charge in [0.05, 0.1) is 24.5 Å². The molecule has 0 radical (unpaired) electrons. The second-order valence-electron chi connectivity index (χ2n) is 4.78. The van der Waals surface area contributed by atoms with Crippen molar-refractivity contribution in [1.29, 1.82) is 0 Å². The van der Waals surface area contributed by atoms with E-state index in [9.17, 15) is 0 Å². The Kier molecular flexibility index (Phi) is 3.57. The molecule has 1 N–H and O–H groups in total. The third-order valence-corrected chi connectivity index (χ3v) is 3.56. The van der Waals surface area contributed by atoms with Gasteiger partial charge in [-0.3, -0.25) is 0 Å². The summed E-state index contributed by atoms with van der Waals surface area (Å²) in [4.78, 5) is 1.68. The summed E-state index contributed by atoms with van der Waals surface area (Å²) in [6, 6.07) is 10.2. The minimum atomic E-state index is 0.208. The smallest absolute Gasteiger partial charge is 0.100 e. The second kappa shape index (κ2) is 5.50. The number of ether oxygens (including phenoxy) is 1. The lowest BCUT2D eigenvalue weighted by molar-refractivity contribution is 0.177. The molecule has 1 saturated heterocycles. The highest BCUT2D eigenvalue weighted by Crippen LogP contribution is 2.27.